The lowest BCUT2D eigenvalue weighted by Crippen LogP contribution is -2.14. The summed E-state index contributed by atoms with van der Waals surface area (Å²) in [6.45, 7) is 3.93. The first kappa shape index (κ1) is 20.2. The van der Waals surface area contributed by atoms with Gasteiger partial charge in [-0.05, 0) is 84.5 Å². The number of nitrogens with zero attached hydrogens (tertiary/aromatic N) is 2. The third-order valence-corrected chi connectivity index (χ3v) is 5.50. The molecule has 4 nitrogen and oxygen atoms in total. The highest BCUT2D eigenvalue weighted by Gasteiger charge is 2.15. The summed E-state index contributed by atoms with van der Waals surface area (Å²) in [6.07, 6.45) is 1.62. The van der Waals surface area contributed by atoms with Crippen LogP contribution in [0.5, 0.6) is 0 Å². The second-order valence-corrected chi connectivity index (χ2v) is 7.84. The topological polar surface area (TPSA) is 57.8 Å². The average molecular weight is 502 g/mol. The monoisotopic (exact) mass is 501 g/mol. The van der Waals surface area contributed by atoms with Crippen LogP contribution >= 0.6 is 34.2 Å². The fourth-order valence-corrected chi connectivity index (χ4v) is 3.71. The smallest absolute Gasteiger partial charge is 0.266 e. The van der Waals surface area contributed by atoms with Gasteiger partial charge in [0.2, 0.25) is 0 Å². The highest BCUT2D eigenvalue weighted by Crippen LogP contribution is 2.25. The largest absolute Gasteiger partial charge is 0.320 e. The molecule has 0 aliphatic carbocycles. The van der Waals surface area contributed by atoms with Crippen molar-refractivity contribution in [1.82, 2.24) is 4.57 Å². The Bertz CT molecular complexity index is 1130. The van der Waals surface area contributed by atoms with Gasteiger partial charge in [-0.3, -0.25) is 4.79 Å². The van der Waals surface area contributed by atoms with Gasteiger partial charge in [0.25, 0.3) is 5.91 Å². The zero-order chi connectivity index (χ0) is 20.3. The van der Waals surface area contributed by atoms with E-state index in [1.54, 1.807) is 12.1 Å². The molecule has 3 aromatic rings. The molecule has 0 atom stereocenters. The van der Waals surface area contributed by atoms with Crippen LogP contribution in [0.4, 0.5) is 5.69 Å². The van der Waals surface area contributed by atoms with E-state index in [9.17, 15) is 10.1 Å². The van der Waals surface area contributed by atoms with E-state index in [0.29, 0.717) is 10.7 Å². The lowest BCUT2D eigenvalue weighted by atomic mass is 10.1. The Morgan fingerprint density at radius 2 is 1.93 bits per heavy atom. The number of anilines is 1. The van der Waals surface area contributed by atoms with Crippen LogP contribution < -0.4 is 5.32 Å². The second-order valence-electron chi connectivity index (χ2n) is 6.25. The van der Waals surface area contributed by atoms with Crippen LogP contribution in [0.25, 0.3) is 11.8 Å². The highest BCUT2D eigenvalue weighted by atomic mass is 127. The molecule has 3 rings (SSSR count). The molecular weight excluding hydrogens is 485 g/mol. The standard InChI is InChI=1S/C22H17ClIN3O/c1-14-10-16(15(2)27(14)19-7-5-6-18(23)12-19)11-17(13-25)22(28)26-21-9-4-3-8-20(21)24/h3-12H,1-2H3,(H,26,28). The van der Waals surface area contributed by atoms with E-state index < -0.39 is 5.91 Å². The van der Waals surface area contributed by atoms with Crippen molar-refractivity contribution in [2.75, 3.05) is 5.32 Å². The van der Waals surface area contributed by atoms with Crippen molar-refractivity contribution in [3.05, 3.63) is 85.7 Å². The fraction of sp³-hybridized carbons (Fsp3) is 0.0909. The number of hydrogen-bond donors (Lipinski definition) is 1. The lowest BCUT2D eigenvalue weighted by Gasteiger charge is -2.10. The maximum absolute atomic E-state index is 12.6. The maximum atomic E-state index is 12.6. The molecule has 140 valence electrons. The number of aromatic nitrogens is 1. The minimum atomic E-state index is -0.431. The summed E-state index contributed by atoms with van der Waals surface area (Å²) < 4.78 is 2.95. The zero-order valence-electron chi connectivity index (χ0n) is 15.3. The fourth-order valence-electron chi connectivity index (χ4n) is 3.00. The third-order valence-electron chi connectivity index (χ3n) is 4.32. The van der Waals surface area contributed by atoms with Gasteiger partial charge in [-0.1, -0.05) is 29.8 Å². The third kappa shape index (κ3) is 4.29. The van der Waals surface area contributed by atoms with E-state index in [4.69, 9.17) is 11.6 Å². The van der Waals surface area contributed by atoms with Crippen LogP contribution in [-0.4, -0.2) is 10.5 Å². The number of nitriles is 1. The Labute approximate surface area is 182 Å². The predicted octanol–water partition coefficient (Wildman–Crippen LogP) is 5.90. The lowest BCUT2D eigenvalue weighted by molar-refractivity contribution is -0.112. The van der Waals surface area contributed by atoms with Crippen molar-refractivity contribution in [2.45, 2.75) is 13.8 Å². The molecule has 0 saturated heterocycles. The summed E-state index contributed by atoms with van der Waals surface area (Å²) in [5.41, 5.74) is 4.39. The van der Waals surface area contributed by atoms with Gasteiger partial charge >= 0.3 is 0 Å². The summed E-state index contributed by atoms with van der Waals surface area (Å²) in [7, 11) is 0. The molecule has 0 spiro atoms. The van der Waals surface area contributed by atoms with Gasteiger partial charge in [-0.15, -0.1) is 0 Å². The van der Waals surface area contributed by atoms with Crippen molar-refractivity contribution in [3.63, 3.8) is 0 Å². The Morgan fingerprint density at radius 3 is 2.61 bits per heavy atom. The van der Waals surface area contributed by atoms with Crippen LogP contribution in [0.3, 0.4) is 0 Å². The zero-order valence-corrected chi connectivity index (χ0v) is 18.2. The average Bonchev–Trinajstić information content (AvgIpc) is 2.94. The molecule has 28 heavy (non-hydrogen) atoms. The van der Waals surface area contributed by atoms with Gasteiger partial charge in [0.05, 0.1) is 5.69 Å². The first-order valence-electron chi connectivity index (χ1n) is 8.53. The number of carbonyl (C=O) groups is 1. The minimum Gasteiger partial charge on any atom is -0.320 e. The van der Waals surface area contributed by atoms with Crippen molar-refractivity contribution in [3.8, 4) is 11.8 Å². The normalized spacial score (nSPS) is 11.2. The number of rotatable bonds is 4. The van der Waals surface area contributed by atoms with E-state index in [1.165, 1.54) is 0 Å². The molecule has 0 aliphatic heterocycles. The molecule has 6 heteroatoms. The van der Waals surface area contributed by atoms with Gasteiger partial charge in [-0.25, -0.2) is 0 Å². The van der Waals surface area contributed by atoms with Crippen molar-refractivity contribution in [2.24, 2.45) is 0 Å². The molecular formula is C22H17ClIN3O. The molecule has 1 aromatic heterocycles. The number of halogens is 2. The number of para-hydroxylation sites is 1. The highest BCUT2D eigenvalue weighted by molar-refractivity contribution is 14.1. The Morgan fingerprint density at radius 1 is 1.18 bits per heavy atom. The predicted molar refractivity (Wildman–Crippen MR) is 122 cm³/mol. The number of aryl methyl sites for hydroxylation is 1. The first-order valence-corrected chi connectivity index (χ1v) is 9.99. The number of carbonyl (C=O) groups excluding carboxylic acids is 1. The van der Waals surface area contributed by atoms with E-state index in [1.807, 2.05) is 73.0 Å². The quantitative estimate of drug-likeness (QED) is 0.275. The molecule has 1 amide bonds. The molecule has 2 aromatic carbocycles. The molecule has 0 bridgehead atoms. The molecule has 1 N–H and O–H groups in total. The molecule has 0 saturated carbocycles. The molecule has 0 unspecified atom stereocenters. The Hall–Kier alpha value is -2.56. The van der Waals surface area contributed by atoms with Gasteiger partial charge in [-0.2, -0.15) is 5.26 Å². The number of nitrogens with one attached hydrogen (secondary N) is 1. The van der Waals surface area contributed by atoms with Crippen LogP contribution in [-0.2, 0) is 4.79 Å². The Balaban J connectivity index is 1.95. The Kier molecular flexibility index (Phi) is 6.22. The van der Waals surface area contributed by atoms with Gasteiger partial charge in [0.1, 0.15) is 11.6 Å². The van der Waals surface area contributed by atoms with E-state index in [-0.39, 0.29) is 5.57 Å². The summed E-state index contributed by atoms with van der Waals surface area (Å²) >= 11 is 8.27. The molecule has 1 heterocycles. The van der Waals surface area contributed by atoms with Crippen LogP contribution in [0.2, 0.25) is 5.02 Å². The van der Waals surface area contributed by atoms with Crippen molar-refractivity contribution >= 4 is 51.9 Å². The summed E-state index contributed by atoms with van der Waals surface area (Å²) in [6, 6.07) is 19.0. The molecule has 0 aliphatic rings. The first-order chi connectivity index (χ1) is 13.4. The van der Waals surface area contributed by atoms with E-state index >= 15 is 0 Å². The summed E-state index contributed by atoms with van der Waals surface area (Å²) in [5.74, 6) is -0.431. The molecule has 0 radical (unpaired) electrons. The van der Waals surface area contributed by atoms with Crippen molar-refractivity contribution in [1.29, 1.82) is 5.26 Å². The number of amides is 1. The van der Waals surface area contributed by atoms with E-state index in [2.05, 4.69) is 27.9 Å². The van der Waals surface area contributed by atoms with Crippen LogP contribution in [0.15, 0.2) is 60.2 Å². The number of benzene rings is 2. The van der Waals surface area contributed by atoms with Gasteiger partial charge in [0, 0.05) is 25.7 Å². The second kappa shape index (κ2) is 8.63. The minimum absolute atomic E-state index is 0.0472. The summed E-state index contributed by atoms with van der Waals surface area (Å²) in [5, 5.41) is 13.0. The SMILES string of the molecule is Cc1cc(C=C(C#N)C(=O)Nc2ccccc2I)c(C)n1-c1cccc(Cl)c1. The van der Waals surface area contributed by atoms with Crippen molar-refractivity contribution < 1.29 is 4.79 Å². The summed E-state index contributed by atoms with van der Waals surface area (Å²) in [4.78, 5) is 12.6. The molecule has 0 fully saturated rings. The van der Waals surface area contributed by atoms with Gasteiger partial charge < -0.3 is 9.88 Å². The van der Waals surface area contributed by atoms with Crippen LogP contribution in [0.1, 0.15) is 17.0 Å². The number of hydrogen-bond acceptors (Lipinski definition) is 2. The van der Waals surface area contributed by atoms with Gasteiger partial charge in [0.15, 0.2) is 0 Å². The van der Waals surface area contributed by atoms with E-state index in [0.717, 1.165) is 26.2 Å². The maximum Gasteiger partial charge on any atom is 0.266 e. The van der Waals surface area contributed by atoms with Crippen LogP contribution in [0, 0.1) is 28.7 Å².